The fraction of sp³-hybridized carbons (Fsp3) is 0.375. The molecule has 0 spiro atoms. The number of hydrogen-bond donors (Lipinski definition) is 1. The van der Waals surface area contributed by atoms with Crippen molar-refractivity contribution in [3.05, 3.63) is 36.5 Å². The van der Waals surface area contributed by atoms with Crippen LogP contribution in [0.1, 0.15) is 13.3 Å². The second-order valence-electron chi connectivity index (χ2n) is 6.10. The number of aliphatic carboxylic acids is 1. The van der Waals surface area contributed by atoms with Gasteiger partial charge < -0.3 is 10.0 Å². The number of amides is 1. The smallest absolute Gasteiger partial charge is 0.311 e. The molecule has 1 N–H and O–H groups in total. The first-order valence-corrected chi connectivity index (χ1v) is 7.45. The highest BCUT2D eigenvalue weighted by Gasteiger charge is 2.42. The number of rotatable bonds is 4. The van der Waals surface area contributed by atoms with E-state index in [9.17, 15) is 14.7 Å². The third-order valence-electron chi connectivity index (χ3n) is 4.25. The average molecular weight is 314 g/mol. The third-order valence-corrected chi connectivity index (χ3v) is 4.25. The molecule has 1 aliphatic heterocycles. The normalized spacial score (nSPS) is 20.7. The van der Waals surface area contributed by atoms with Crippen LogP contribution in [0.5, 0.6) is 0 Å². The molecule has 1 aromatic carbocycles. The van der Waals surface area contributed by atoms with Crippen molar-refractivity contribution >= 4 is 11.9 Å². The molecule has 23 heavy (non-hydrogen) atoms. The van der Waals surface area contributed by atoms with E-state index in [4.69, 9.17) is 0 Å². The Labute approximate surface area is 133 Å². The number of carboxylic acids is 1. The van der Waals surface area contributed by atoms with Crippen molar-refractivity contribution in [3.8, 4) is 11.3 Å². The molecule has 1 aromatic heterocycles. The van der Waals surface area contributed by atoms with Gasteiger partial charge in [-0.3, -0.25) is 9.59 Å². The van der Waals surface area contributed by atoms with Crippen molar-refractivity contribution in [1.29, 1.82) is 0 Å². The summed E-state index contributed by atoms with van der Waals surface area (Å²) in [6.45, 7) is 2.43. The minimum atomic E-state index is -0.861. The Morgan fingerprint density at radius 3 is 2.70 bits per heavy atom. The standard InChI is InChI=1S/C16H18N4O3/c1-16(15(22)23)7-8-19(11-16)14(21)10-20-9-13(17-18-20)12-5-3-2-4-6-12/h2-6,9H,7-8,10-11H2,1H3,(H,22,23)/t16-/m1/s1. The van der Waals surface area contributed by atoms with E-state index < -0.39 is 11.4 Å². The second kappa shape index (κ2) is 5.83. The van der Waals surface area contributed by atoms with Crippen LogP contribution in [0.15, 0.2) is 36.5 Å². The number of likely N-dealkylation sites (tertiary alicyclic amines) is 1. The van der Waals surface area contributed by atoms with Gasteiger partial charge in [-0.25, -0.2) is 4.68 Å². The maximum Gasteiger partial charge on any atom is 0.311 e. The monoisotopic (exact) mass is 314 g/mol. The first-order valence-electron chi connectivity index (χ1n) is 7.45. The van der Waals surface area contributed by atoms with Crippen LogP contribution < -0.4 is 0 Å². The Morgan fingerprint density at radius 1 is 1.30 bits per heavy atom. The minimum absolute atomic E-state index is 0.0650. The summed E-state index contributed by atoms with van der Waals surface area (Å²) in [7, 11) is 0. The molecule has 3 rings (SSSR count). The van der Waals surface area contributed by atoms with Crippen LogP contribution >= 0.6 is 0 Å². The lowest BCUT2D eigenvalue weighted by Crippen LogP contribution is -2.36. The van der Waals surface area contributed by atoms with Crippen LogP contribution in [0.25, 0.3) is 11.3 Å². The van der Waals surface area contributed by atoms with E-state index in [0.717, 1.165) is 5.56 Å². The Kier molecular flexibility index (Phi) is 3.85. The highest BCUT2D eigenvalue weighted by molar-refractivity contribution is 5.80. The Morgan fingerprint density at radius 2 is 2.04 bits per heavy atom. The molecule has 0 bridgehead atoms. The summed E-state index contributed by atoms with van der Waals surface area (Å²) < 4.78 is 1.49. The molecule has 1 atom stereocenters. The van der Waals surface area contributed by atoms with Gasteiger partial charge in [0.05, 0.1) is 11.6 Å². The largest absolute Gasteiger partial charge is 0.481 e. The van der Waals surface area contributed by atoms with Crippen LogP contribution in [0, 0.1) is 5.41 Å². The first kappa shape index (κ1) is 15.2. The maximum absolute atomic E-state index is 12.3. The van der Waals surface area contributed by atoms with Gasteiger partial charge in [0.25, 0.3) is 0 Å². The molecule has 120 valence electrons. The second-order valence-corrected chi connectivity index (χ2v) is 6.10. The van der Waals surface area contributed by atoms with E-state index in [0.29, 0.717) is 18.7 Å². The number of benzene rings is 1. The van der Waals surface area contributed by atoms with Crippen molar-refractivity contribution in [2.75, 3.05) is 13.1 Å². The van der Waals surface area contributed by atoms with Crippen molar-refractivity contribution in [2.24, 2.45) is 5.41 Å². The Hall–Kier alpha value is -2.70. The minimum Gasteiger partial charge on any atom is -0.481 e. The quantitative estimate of drug-likeness (QED) is 0.918. The topological polar surface area (TPSA) is 88.3 Å². The van der Waals surface area contributed by atoms with Gasteiger partial charge in [-0.15, -0.1) is 5.10 Å². The lowest BCUT2D eigenvalue weighted by atomic mass is 9.90. The maximum atomic E-state index is 12.3. The molecule has 2 aromatic rings. The zero-order chi connectivity index (χ0) is 16.4. The highest BCUT2D eigenvalue weighted by atomic mass is 16.4. The van der Waals surface area contributed by atoms with Gasteiger partial charge in [-0.2, -0.15) is 0 Å². The first-order chi connectivity index (χ1) is 11.0. The van der Waals surface area contributed by atoms with Crippen LogP contribution in [-0.4, -0.2) is 50.0 Å². The summed E-state index contributed by atoms with van der Waals surface area (Å²) in [5.41, 5.74) is 0.786. The van der Waals surface area contributed by atoms with Crippen LogP contribution in [-0.2, 0) is 16.1 Å². The molecule has 0 saturated carbocycles. The van der Waals surface area contributed by atoms with E-state index in [2.05, 4.69) is 10.3 Å². The van der Waals surface area contributed by atoms with Gasteiger partial charge in [0.15, 0.2) is 0 Å². The fourth-order valence-corrected chi connectivity index (χ4v) is 2.70. The van der Waals surface area contributed by atoms with Crippen molar-refractivity contribution < 1.29 is 14.7 Å². The molecule has 0 unspecified atom stereocenters. The predicted octanol–water partition coefficient (Wildman–Crippen LogP) is 1.27. The molecule has 2 heterocycles. The summed E-state index contributed by atoms with van der Waals surface area (Å²) in [5.74, 6) is -1.00. The lowest BCUT2D eigenvalue weighted by Gasteiger charge is -2.20. The third kappa shape index (κ3) is 3.08. The van der Waals surface area contributed by atoms with E-state index in [1.807, 2.05) is 30.3 Å². The number of aromatic nitrogens is 3. The molecule has 1 fully saturated rings. The Balaban J connectivity index is 1.66. The van der Waals surface area contributed by atoms with Crippen molar-refractivity contribution in [2.45, 2.75) is 19.9 Å². The van der Waals surface area contributed by atoms with Crippen LogP contribution in [0.2, 0.25) is 0 Å². The van der Waals surface area contributed by atoms with E-state index in [1.54, 1.807) is 18.0 Å². The Bertz CT molecular complexity index is 728. The molecule has 7 heteroatoms. The molecular weight excluding hydrogens is 296 g/mol. The number of hydrogen-bond acceptors (Lipinski definition) is 4. The van der Waals surface area contributed by atoms with Gasteiger partial charge in [0.2, 0.25) is 5.91 Å². The molecule has 0 radical (unpaired) electrons. The summed E-state index contributed by atoms with van der Waals surface area (Å²) in [4.78, 5) is 25.1. The van der Waals surface area contributed by atoms with Gasteiger partial charge in [-0.05, 0) is 13.3 Å². The molecule has 1 amide bonds. The summed E-state index contributed by atoms with van der Waals surface area (Å²) in [5, 5.41) is 17.3. The molecule has 7 nitrogen and oxygen atoms in total. The lowest BCUT2D eigenvalue weighted by molar-refractivity contribution is -0.147. The molecule has 1 aliphatic rings. The zero-order valence-corrected chi connectivity index (χ0v) is 12.8. The van der Waals surface area contributed by atoms with Gasteiger partial charge in [-0.1, -0.05) is 35.5 Å². The van der Waals surface area contributed by atoms with Crippen LogP contribution in [0.4, 0.5) is 0 Å². The summed E-state index contributed by atoms with van der Waals surface area (Å²) >= 11 is 0. The van der Waals surface area contributed by atoms with Crippen molar-refractivity contribution in [1.82, 2.24) is 19.9 Å². The highest BCUT2D eigenvalue weighted by Crippen LogP contribution is 2.30. The van der Waals surface area contributed by atoms with E-state index >= 15 is 0 Å². The zero-order valence-electron chi connectivity index (χ0n) is 12.8. The molecular formula is C16H18N4O3. The SMILES string of the molecule is C[C@@]1(C(=O)O)CCN(C(=O)Cn2cc(-c3ccccc3)nn2)C1. The predicted molar refractivity (Wildman–Crippen MR) is 82.4 cm³/mol. The number of carbonyl (C=O) groups excluding carboxylic acids is 1. The van der Waals surface area contributed by atoms with E-state index in [1.165, 1.54) is 4.68 Å². The number of carbonyl (C=O) groups is 2. The summed E-state index contributed by atoms with van der Waals surface area (Å²) in [6.07, 6.45) is 2.19. The van der Waals surface area contributed by atoms with Gasteiger partial charge in [0, 0.05) is 18.7 Å². The number of nitrogens with zero attached hydrogens (tertiary/aromatic N) is 4. The number of carboxylic acid groups (broad SMARTS) is 1. The average Bonchev–Trinajstić information content (AvgIpc) is 3.16. The summed E-state index contributed by atoms with van der Waals surface area (Å²) in [6, 6.07) is 9.60. The van der Waals surface area contributed by atoms with Crippen LogP contribution in [0.3, 0.4) is 0 Å². The fourth-order valence-electron chi connectivity index (χ4n) is 2.70. The van der Waals surface area contributed by atoms with Crippen molar-refractivity contribution in [3.63, 3.8) is 0 Å². The molecule has 1 saturated heterocycles. The van der Waals surface area contributed by atoms with Gasteiger partial charge in [0.1, 0.15) is 12.2 Å². The van der Waals surface area contributed by atoms with Gasteiger partial charge >= 0.3 is 5.97 Å². The molecule has 0 aliphatic carbocycles. The van der Waals surface area contributed by atoms with E-state index in [-0.39, 0.29) is 19.0 Å².